The van der Waals surface area contributed by atoms with Crippen LogP contribution in [0, 0.1) is 5.92 Å². The average molecular weight is 337 g/mol. The lowest BCUT2D eigenvalue weighted by atomic mass is 9.91. The van der Waals surface area contributed by atoms with Gasteiger partial charge in [0.05, 0.1) is 0 Å². The third-order valence-corrected chi connectivity index (χ3v) is 5.12. The summed E-state index contributed by atoms with van der Waals surface area (Å²) in [6, 6.07) is 18.9. The van der Waals surface area contributed by atoms with Gasteiger partial charge in [-0.1, -0.05) is 94.1 Å². The van der Waals surface area contributed by atoms with Crippen molar-refractivity contribution < 1.29 is 4.79 Å². The molecule has 0 saturated carbocycles. The first-order valence-corrected chi connectivity index (χ1v) is 9.85. The summed E-state index contributed by atoms with van der Waals surface area (Å²) in [7, 11) is 0. The van der Waals surface area contributed by atoms with Gasteiger partial charge in [0.2, 0.25) is 0 Å². The van der Waals surface area contributed by atoms with E-state index in [1.807, 2.05) is 12.1 Å². The van der Waals surface area contributed by atoms with Crippen molar-refractivity contribution in [3.63, 3.8) is 0 Å². The van der Waals surface area contributed by atoms with Gasteiger partial charge < -0.3 is 0 Å². The topological polar surface area (TPSA) is 17.1 Å². The molecule has 0 amide bonds. The summed E-state index contributed by atoms with van der Waals surface area (Å²) < 4.78 is 0. The van der Waals surface area contributed by atoms with Crippen molar-refractivity contribution in [3.8, 4) is 0 Å². The molecule has 2 rings (SSSR count). The fraction of sp³-hybridized carbons (Fsp3) is 0.458. The summed E-state index contributed by atoms with van der Waals surface area (Å²) in [5, 5.41) is 0. The van der Waals surface area contributed by atoms with Crippen molar-refractivity contribution in [1.82, 2.24) is 0 Å². The molecule has 2 aromatic carbocycles. The first kappa shape index (κ1) is 19.4. The lowest BCUT2D eigenvalue weighted by Gasteiger charge is -2.14. The van der Waals surface area contributed by atoms with Crippen LogP contribution >= 0.6 is 0 Å². The first-order chi connectivity index (χ1) is 12.2. The predicted molar refractivity (Wildman–Crippen MR) is 107 cm³/mol. The minimum Gasteiger partial charge on any atom is -0.299 e. The second-order valence-electron chi connectivity index (χ2n) is 7.10. The molecule has 0 spiro atoms. The zero-order chi connectivity index (χ0) is 17.9. The summed E-state index contributed by atoms with van der Waals surface area (Å²) >= 11 is 0. The molecule has 0 aliphatic heterocycles. The van der Waals surface area contributed by atoms with Crippen LogP contribution in [0.25, 0.3) is 0 Å². The summed E-state index contributed by atoms with van der Waals surface area (Å²) in [6.45, 7) is 4.49. The van der Waals surface area contributed by atoms with E-state index in [-0.39, 0.29) is 0 Å². The minimum atomic E-state index is 0.385. The largest absolute Gasteiger partial charge is 0.299 e. The zero-order valence-corrected chi connectivity index (χ0v) is 15.8. The number of unbranched alkanes of at least 4 members (excludes halogenated alkanes) is 1. The second kappa shape index (κ2) is 10.9. The lowest BCUT2D eigenvalue weighted by molar-refractivity contribution is -0.118. The molecule has 0 aliphatic rings. The van der Waals surface area contributed by atoms with Crippen LogP contribution in [0.4, 0.5) is 0 Å². The monoisotopic (exact) mass is 336 g/mol. The Hall–Kier alpha value is -1.89. The first-order valence-electron chi connectivity index (χ1n) is 9.85. The van der Waals surface area contributed by atoms with E-state index in [1.54, 1.807) is 0 Å². The molecule has 0 bridgehead atoms. The molecule has 0 N–H and O–H groups in total. The van der Waals surface area contributed by atoms with Gasteiger partial charge >= 0.3 is 0 Å². The van der Waals surface area contributed by atoms with Crippen molar-refractivity contribution in [2.75, 3.05) is 0 Å². The van der Waals surface area contributed by atoms with Crippen molar-refractivity contribution in [3.05, 3.63) is 71.3 Å². The van der Waals surface area contributed by atoms with Crippen molar-refractivity contribution in [2.24, 2.45) is 5.92 Å². The van der Waals surface area contributed by atoms with Gasteiger partial charge in [-0.2, -0.15) is 0 Å². The molecule has 0 radical (unpaired) electrons. The molecule has 1 atom stereocenters. The number of carbonyl (C=O) groups excluding carboxylic acids is 1. The van der Waals surface area contributed by atoms with Gasteiger partial charge in [0.25, 0.3) is 0 Å². The quantitative estimate of drug-likeness (QED) is 0.465. The molecule has 1 unspecified atom stereocenters. The molecule has 134 valence electrons. The highest BCUT2D eigenvalue weighted by Gasteiger charge is 2.12. The van der Waals surface area contributed by atoms with E-state index in [4.69, 9.17) is 0 Å². The standard InChI is InChI=1S/C24H32O/c1-3-5-11-20(4-2)16-17-24(25)19-23-15-10-9-14-22(23)18-21-12-7-6-8-13-21/h6-10,12-15,20H,3-5,11,16-19H2,1-2H3. The SMILES string of the molecule is CCCCC(CC)CCC(=O)Cc1ccccc1Cc1ccccc1. The van der Waals surface area contributed by atoms with Gasteiger partial charge in [0.1, 0.15) is 5.78 Å². The Morgan fingerprint density at radius 2 is 1.56 bits per heavy atom. The third-order valence-electron chi connectivity index (χ3n) is 5.12. The Morgan fingerprint density at radius 3 is 2.24 bits per heavy atom. The minimum absolute atomic E-state index is 0.385. The molecule has 0 aromatic heterocycles. The fourth-order valence-corrected chi connectivity index (χ4v) is 3.43. The predicted octanol–water partition coefficient (Wildman–Crippen LogP) is 6.39. The number of hydrogen-bond donors (Lipinski definition) is 0. The molecule has 1 heteroatoms. The summed E-state index contributed by atoms with van der Waals surface area (Å²) in [6.07, 6.45) is 8.25. The Kier molecular flexibility index (Phi) is 8.45. The van der Waals surface area contributed by atoms with Crippen LogP contribution in [0.1, 0.15) is 69.1 Å². The van der Waals surface area contributed by atoms with Gasteiger partial charge in [0.15, 0.2) is 0 Å². The van der Waals surface area contributed by atoms with E-state index >= 15 is 0 Å². The number of carbonyl (C=O) groups is 1. The van der Waals surface area contributed by atoms with Crippen LogP contribution in [0.5, 0.6) is 0 Å². The maximum Gasteiger partial charge on any atom is 0.137 e. The third kappa shape index (κ3) is 6.86. The number of hydrogen-bond acceptors (Lipinski definition) is 1. The Labute approximate surface area is 153 Å². The van der Waals surface area contributed by atoms with E-state index in [0.717, 1.165) is 19.3 Å². The Bertz CT molecular complexity index is 630. The lowest BCUT2D eigenvalue weighted by Crippen LogP contribution is -2.09. The number of Topliss-reactive ketones (excluding diaryl/α,β-unsaturated/α-hetero) is 1. The van der Waals surface area contributed by atoms with Gasteiger partial charge in [0, 0.05) is 12.8 Å². The smallest absolute Gasteiger partial charge is 0.137 e. The molecule has 0 fully saturated rings. The number of rotatable bonds is 11. The molecular formula is C24H32O. The number of ketones is 1. The molecule has 2 aromatic rings. The fourth-order valence-electron chi connectivity index (χ4n) is 3.43. The summed E-state index contributed by atoms with van der Waals surface area (Å²) in [5.74, 6) is 1.10. The van der Waals surface area contributed by atoms with Gasteiger partial charge in [-0.25, -0.2) is 0 Å². The van der Waals surface area contributed by atoms with E-state index in [9.17, 15) is 4.79 Å². The van der Waals surface area contributed by atoms with Crippen LogP contribution < -0.4 is 0 Å². The van der Waals surface area contributed by atoms with Crippen LogP contribution in [0.15, 0.2) is 54.6 Å². The highest BCUT2D eigenvalue weighted by atomic mass is 16.1. The van der Waals surface area contributed by atoms with Gasteiger partial charge in [-0.05, 0) is 35.4 Å². The zero-order valence-electron chi connectivity index (χ0n) is 15.8. The highest BCUT2D eigenvalue weighted by Crippen LogP contribution is 2.20. The Balaban J connectivity index is 1.92. The summed E-state index contributed by atoms with van der Waals surface area (Å²) in [4.78, 5) is 12.5. The van der Waals surface area contributed by atoms with E-state index < -0.39 is 0 Å². The maximum atomic E-state index is 12.5. The van der Waals surface area contributed by atoms with E-state index in [1.165, 1.54) is 42.4 Å². The molecule has 0 heterocycles. The number of benzene rings is 2. The Morgan fingerprint density at radius 1 is 0.880 bits per heavy atom. The van der Waals surface area contributed by atoms with Crippen LogP contribution in [-0.2, 0) is 17.6 Å². The molecule has 25 heavy (non-hydrogen) atoms. The molecule has 0 saturated heterocycles. The molecule has 0 aliphatic carbocycles. The highest BCUT2D eigenvalue weighted by molar-refractivity contribution is 5.81. The van der Waals surface area contributed by atoms with Crippen molar-refractivity contribution in [2.45, 2.75) is 65.2 Å². The van der Waals surface area contributed by atoms with E-state index in [0.29, 0.717) is 18.1 Å². The van der Waals surface area contributed by atoms with Crippen molar-refractivity contribution >= 4 is 5.78 Å². The summed E-state index contributed by atoms with van der Waals surface area (Å²) in [5.41, 5.74) is 3.77. The average Bonchev–Trinajstić information content (AvgIpc) is 2.64. The van der Waals surface area contributed by atoms with E-state index in [2.05, 4.69) is 56.3 Å². The van der Waals surface area contributed by atoms with Crippen LogP contribution in [-0.4, -0.2) is 5.78 Å². The second-order valence-corrected chi connectivity index (χ2v) is 7.10. The van der Waals surface area contributed by atoms with Crippen LogP contribution in [0.2, 0.25) is 0 Å². The van der Waals surface area contributed by atoms with Crippen LogP contribution in [0.3, 0.4) is 0 Å². The molecular weight excluding hydrogens is 304 g/mol. The van der Waals surface area contributed by atoms with Gasteiger partial charge in [-0.15, -0.1) is 0 Å². The van der Waals surface area contributed by atoms with Crippen molar-refractivity contribution in [1.29, 1.82) is 0 Å². The normalized spacial score (nSPS) is 12.1. The maximum absolute atomic E-state index is 12.5. The molecule has 1 nitrogen and oxygen atoms in total. The van der Waals surface area contributed by atoms with Gasteiger partial charge in [-0.3, -0.25) is 4.79 Å².